The summed E-state index contributed by atoms with van der Waals surface area (Å²) in [4.78, 5) is 81.0. The lowest BCUT2D eigenvalue weighted by molar-refractivity contribution is -0.141. The maximum absolute atomic E-state index is 14.7. The first-order valence-electron chi connectivity index (χ1n) is 22.3. The van der Waals surface area contributed by atoms with Crippen molar-refractivity contribution in [2.75, 3.05) is 53.0 Å². The van der Waals surface area contributed by atoms with Crippen LogP contribution in [0.2, 0.25) is 0 Å². The van der Waals surface area contributed by atoms with E-state index in [1.54, 1.807) is 50.2 Å². The van der Waals surface area contributed by atoms with Crippen LogP contribution < -0.4 is 52.7 Å². The van der Waals surface area contributed by atoms with Gasteiger partial charge in [0.25, 0.3) is 5.91 Å². The zero-order valence-electron chi connectivity index (χ0n) is 38.6. The van der Waals surface area contributed by atoms with E-state index in [2.05, 4.69) is 38.2 Å². The Kier molecular flexibility index (Phi) is 18.5. The summed E-state index contributed by atoms with van der Waals surface area (Å²) in [6.07, 6.45) is 1.95. The van der Waals surface area contributed by atoms with Gasteiger partial charge in [-0.25, -0.2) is 9.97 Å². The first kappa shape index (κ1) is 50.9. The average molecular weight is 920 g/mol. The van der Waals surface area contributed by atoms with Crippen LogP contribution in [0.1, 0.15) is 72.0 Å². The number of amides is 5. The number of unbranched alkanes of at least 4 members (excludes halogenated alkanes) is 1. The summed E-state index contributed by atoms with van der Waals surface area (Å²) >= 11 is 0. The van der Waals surface area contributed by atoms with Crippen molar-refractivity contribution in [2.24, 2.45) is 17.2 Å². The number of hydrogen-bond acceptors (Lipinski definition) is 14. The second-order valence-corrected chi connectivity index (χ2v) is 16.0. The SMILES string of the molecule is CCCCOc1ccc(-c2nc(C)c(C(=O)N[C@@H](CCN)C(=O)N(C)[C@@H]3C(=O)N[C@@H](C)C(=O)N[C@H](C(=O)NCC#N)Cc4ccc(OCCN)c(c4)-c4cc3ccc4OCCN)c(C)n2)cc1. The summed E-state index contributed by atoms with van der Waals surface area (Å²) in [5, 5.41) is 19.9. The normalized spacial score (nSPS) is 16.3. The Morgan fingerprint density at radius 1 is 0.866 bits per heavy atom. The number of aryl methyl sites for hydroxylation is 2. The highest BCUT2D eigenvalue weighted by atomic mass is 16.5. The molecular weight excluding hydrogens is 859 g/mol. The Labute approximate surface area is 390 Å². The molecule has 0 aliphatic carbocycles. The molecule has 0 radical (unpaired) electrons. The van der Waals surface area contributed by atoms with Gasteiger partial charge in [0.2, 0.25) is 23.6 Å². The maximum atomic E-state index is 14.7. The van der Waals surface area contributed by atoms with Crippen LogP contribution in [0.5, 0.6) is 17.2 Å². The Bertz CT molecular complexity index is 2420. The van der Waals surface area contributed by atoms with Crippen LogP contribution in [-0.2, 0) is 25.6 Å². The van der Waals surface area contributed by atoms with Crippen molar-refractivity contribution in [3.05, 3.63) is 88.7 Å². The number of ether oxygens (including phenoxy) is 3. The number of benzene rings is 3. The second-order valence-electron chi connectivity index (χ2n) is 16.0. The molecule has 0 spiro atoms. The molecule has 19 heteroatoms. The third-order valence-corrected chi connectivity index (χ3v) is 11.0. The van der Waals surface area contributed by atoms with E-state index in [4.69, 9.17) is 31.4 Å². The predicted molar refractivity (Wildman–Crippen MR) is 251 cm³/mol. The van der Waals surface area contributed by atoms with Gasteiger partial charge in [-0.3, -0.25) is 24.0 Å². The summed E-state index contributed by atoms with van der Waals surface area (Å²) in [6, 6.07) is 14.4. The van der Waals surface area contributed by atoms with E-state index in [0.29, 0.717) is 57.6 Å². The number of rotatable bonds is 19. The van der Waals surface area contributed by atoms with Crippen LogP contribution in [0.25, 0.3) is 22.5 Å². The highest BCUT2D eigenvalue weighted by Gasteiger charge is 2.36. The van der Waals surface area contributed by atoms with Gasteiger partial charge >= 0.3 is 0 Å². The van der Waals surface area contributed by atoms with Crippen LogP contribution >= 0.6 is 0 Å². The van der Waals surface area contributed by atoms with Crippen molar-refractivity contribution < 1.29 is 38.2 Å². The van der Waals surface area contributed by atoms with Crippen molar-refractivity contribution in [2.45, 2.75) is 77.5 Å². The molecule has 19 nitrogen and oxygen atoms in total. The third kappa shape index (κ3) is 13.0. The van der Waals surface area contributed by atoms with Crippen molar-refractivity contribution in [3.8, 4) is 45.8 Å². The number of likely N-dealkylation sites (N-methyl/N-ethyl adjacent to an activating group) is 1. The molecule has 4 aromatic rings. The van der Waals surface area contributed by atoms with E-state index in [9.17, 15) is 29.2 Å². The molecule has 0 saturated heterocycles. The zero-order chi connectivity index (χ0) is 48.6. The second kappa shape index (κ2) is 24.4. The van der Waals surface area contributed by atoms with E-state index in [0.717, 1.165) is 24.2 Å². The number of nitrogens with one attached hydrogen (secondary N) is 4. The summed E-state index contributed by atoms with van der Waals surface area (Å²) < 4.78 is 18.0. The fraction of sp³-hybridized carbons (Fsp3) is 0.417. The molecule has 5 rings (SSSR count). The number of fused-ring (bicyclic) bond motifs is 5. The van der Waals surface area contributed by atoms with Crippen LogP contribution in [0, 0.1) is 25.2 Å². The van der Waals surface area contributed by atoms with Crippen molar-refractivity contribution in [3.63, 3.8) is 0 Å². The number of nitriles is 1. The molecule has 4 bridgehead atoms. The smallest absolute Gasteiger partial charge is 0.255 e. The highest BCUT2D eigenvalue weighted by molar-refractivity contribution is 6.00. The van der Waals surface area contributed by atoms with E-state index in [1.165, 1.54) is 18.9 Å². The van der Waals surface area contributed by atoms with Crippen LogP contribution in [-0.4, -0.2) is 116 Å². The number of carbonyl (C=O) groups is 5. The van der Waals surface area contributed by atoms with Gasteiger partial charge in [-0.1, -0.05) is 25.5 Å². The summed E-state index contributed by atoms with van der Waals surface area (Å²) in [5.74, 6) is -1.48. The van der Waals surface area contributed by atoms with Crippen LogP contribution in [0.3, 0.4) is 0 Å². The molecule has 356 valence electrons. The van der Waals surface area contributed by atoms with E-state index in [-0.39, 0.29) is 57.8 Å². The molecule has 1 aliphatic heterocycles. The molecule has 10 N–H and O–H groups in total. The Morgan fingerprint density at radius 2 is 1.51 bits per heavy atom. The molecule has 4 atom stereocenters. The van der Waals surface area contributed by atoms with E-state index >= 15 is 0 Å². The summed E-state index contributed by atoms with van der Waals surface area (Å²) in [7, 11) is 1.41. The lowest BCUT2D eigenvalue weighted by atomic mass is 9.93. The largest absolute Gasteiger partial charge is 0.494 e. The fourth-order valence-corrected chi connectivity index (χ4v) is 7.57. The quantitative estimate of drug-likeness (QED) is 0.0524. The number of nitrogens with zero attached hydrogens (tertiary/aromatic N) is 4. The standard InChI is InChI=1S/C48H61N11O8/c1-6-7-22-65-34-12-9-32(10-13-34)43-54-28(2)41(29(3)55-43)46(62)57-37(16-17-49)48(64)59(5)42-33-11-15-40(67-24-20-52)36(27-33)35-25-31(8-14-39(35)66-23-19-51)26-38(45(61)53-21-18-50)58-44(60)30(4)56-47(42)63/h8-15,25,27,30,37-38,42H,6-7,16-17,19-24,26,49,51-52H2,1-5H3,(H,53,61)(H,56,63)(H,57,62)(H,58,60)/t30-,37-,38-,42-/m0/s1. The Hall–Kier alpha value is -7.14. The van der Waals surface area contributed by atoms with Gasteiger partial charge in [0, 0.05) is 43.2 Å². The lowest BCUT2D eigenvalue weighted by Crippen LogP contribution is -2.56. The number of nitrogens with two attached hydrogens (primary N) is 3. The van der Waals surface area contributed by atoms with Crippen molar-refractivity contribution >= 4 is 29.5 Å². The number of carbonyl (C=O) groups excluding carboxylic acids is 5. The van der Waals surface area contributed by atoms with Gasteiger partial charge < -0.3 is 57.6 Å². The van der Waals surface area contributed by atoms with Gasteiger partial charge in [0.05, 0.1) is 29.6 Å². The van der Waals surface area contributed by atoms with Gasteiger partial charge in [0.15, 0.2) is 5.82 Å². The fourth-order valence-electron chi connectivity index (χ4n) is 7.57. The molecule has 0 fully saturated rings. The molecule has 5 amide bonds. The van der Waals surface area contributed by atoms with Gasteiger partial charge in [0.1, 0.15) is 61.2 Å². The highest BCUT2D eigenvalue weighted by Crippen LogP contribution is 2.40. The maximum Gasteiger partial charge on any atom is 0.255 e. The summed E-state index contributed by atoms with van der Waals surface area (Å²) in [6.45, 7) is 7.84. The predicted octanol–water partition coefficient (Wildman–Crippen LogP) is 2.11. The minimum atomic E-state index is -1.41. The molecule has 1 aliphatic rings. The van der Waals surface area contributed by atoms with Gasteiger partial charge in [-0.05, 0) is 99.8 Å². The number of hydrogen-bond donors (Lipinski definition) is 7. The monoisotopic (exact) mass is 919 g/mol. The minimum Gasteiger partial charge on any atom is -0.494 e. The van der Waals surface area contributed by atoms with Gasteiger partial charge in [-0.15, -0.1) is 0 Å². The van der Waals surface area contributed by atoms with Crippen molar-refractivity contribution in [1.82, 2.24) is 36.1 Å². The third-order valence-electron chi connectivity index (χ3n) is 11.0. The molecule has 0 saturated carbocycles. The first-order valence-corrected chi connectivity index (χ1v) is 22.3. The molecule has 3 aromatic carbocycles. The summed E-state index contributed by atoms with van der Waals surface area (Å²) in [5.41, 5.74) is 21.2. The molecule has 0 unspecified atom stereocenters. The van der Waals surface area contributed by atoms with E-state index < -0.39 is 53.7 Å². The lowest BCUT2D eigenvalue weighted by Gasteiger charge is -2.32. The Morgan fingerprint density at radius 3 is 2.12 bits per heavy atom. The molecule has 1 aromatic heterocycles. The average Bonchev–Trinajstić information content (AvgIpc) is 3.31. The molecular formula is C48H61N11O8. The zero-order valence-corrected chi connectivity index (χ0v) is 38.6. The Balaban J connectivity index is 1.54. The van der Waals surface area contributed by atoms with Gasteiger partial charge in [-0.2, -0.15) is 5.26 Å². The topological polar surface area (TPSA) is 292 Å². The van der Waals surface area contributed by atoms with Crippen LogP contribution in [0.4, 0.5) is 0 Å². The molecule has 67 heavy (non-hydrogen) atoms. The minimum absolute atomic E-state index is 0.00116. The first-order chi connectivity index (χ1) is 32.2. The number of aromatic nitrogens is 2. The van der Waals surface area contributed by atoms with Crippen molar-refractivity contribution in [1.29, 1.82) is 5.26 Å². The molecule has 2 heterocycles. The van der Waals surface area contributed by atoms with Crippen LogP contribution in [0.15, 0.2) is 60.7 Å². The van der Waals surface area contributed by atoms with E-state index in [1.807, 2.05) is 30.3 Å².